The summed E-state index contributed by atoms with van der Waals surface area (Å²) in [5.74, 6) is 0.958. The topological polar surface area (TPSA) is 48.0 Å². The van der Waals surface area contributed by atoms with Crippen molar-refractivity contribution in [2.75, 3.05) is 66.0 Å². The maximum absolute atomic E-state index is 9.10. The van der Waals surface area contributed by atoms with Crippen LogP contribution in [0.5, 0.6) is 0 Å². The van der Waals surface area contributed by atoms with Gasteiger partial charge in [-0.1, -0.05) is 13.8 Å². The normalized spacial score (nSPS) is 13.5. The van der Waals surface area contributed by atoms with Gasteiger partial charge in [-0.25, -0.2) is 0 Å². The molecule has 0 heterocycles. The van der Waals surface area contributed by atoms with Gasteiger partial charge >= 0.3 is 0 Å². The number of hydrogen-bond donors (Lipinski definition) is 2. The average Bonchev–Trinajstić information content (AvgIpc) is 2.45. The number of rotatable bonds is 15. The van der Waals surface area contributed by atoms with Crippen LogP contribution in [0.25, 0.3) is 0 Å². The average molecular weight is 336 g/mol. The SMILES string of the molecule is CC(COCCN(CCO)CSC(C)C)NCCCN(C)C. The Morgan fingerprint density at radius 2 is 1.86 bits per heavy atom. The lowest BCUT2D eigenvalue weighted by Crippen LogP contribution is -2.35. The molecule has 0 aliphatic carbocycles. The van der Waals surface area contributed by atoms with Gasteiger partial charge in [0.05, 0.1) is 19.8 Å². The van der Waals surface area contributed by atoms with Gasteiger partial charge < -0.3 is 20.1 Å². The van der Waals surface area contributed by atoms with E-state index in [9.17, 15) is 0 Å². The first-order valence-corrected chi connectivity index (χ1v) is 9.41. The third-order valence-corrected chi connectivity index (χ3v) is 4.38. The summed E-state index contributed by atoms with van der Waals surface area (Å²) in [4.78, 5) is 4.45. The molecule has 0 aromatic rings. The Labute approximate surface area is 141 Å². The van der Waals surface area contributed by atoms with E-state index in [1.54, 1.807) is 0 Å². The Morgan fingerprint density at radius 3 is 2.45 bits per heavy atom. The standard InChI is InChI=1S/C16H37N3O2S/c1-15(2)22-14-19(9-11-20)10-12-21-13-16(3)17-7-6-8-18(4)5/h15-17,20H,6-14H2,1-5H3. The molecule has 0 saturated heterocycles. The zero-order chi connectivity index (χ0) is 16.8. The second-order valence-corrected chi connectivity index (χ2v) is 7.81. The van der Waals surface area contributed by atoms with Crippen LogP contribution in [0.3, 0.4) is 0 Å². The summed E-state index contributed by atoms with van der Waals surface area (Å²) in [7, 11) is 4.20. The molecule has 0 aliphatic heterocycles. The molecule has 0 rings (SSSR count). The number of aliphatic hydroxyl groups excluding tert-OH is 1. The molecule has 22 heavy (non-hydrogen) atoms. The van der Waals surface area contributed by atoms with Crippen molar-refractivity contribution in [1.29, 1.82) is 0 Å². The molecular formula is C16H37N3O2S. The van der Waals surface area contributed by atoms with Gasteiger partial charge in [0.25, 0.3) is 0 Å². The Balaban J connectivity index is 3.61. The third-order valence-electron chi connectivity index (χ3n) is 3.20. The lowest BCUT2D eigenvalue weighted by molar-refractivity contribution is 0.0899. The highest BCUT2D eigenvalue weighted by Gasteiger charge is 2.07. The molecule has 2 N–H and O–H groups in total. The minimum absolute atomic E-state index is 0.211. The predicted molar refractivity (Wildman–Crippen MR) is 97.7 cm³/mol. The van der Waals surface area contributed by atoms with Crippen molar-refractivity contribution in [1.82, 2.24) is 15.1 Å². The van der Waals surface area contributed by atoms with Crippen LogP contribution in [-0.2, 0) is 4.74 Å². The summed E-state index contributed by atoms with van der Waals surface area (Å²) >= 11 is 1.90. The first kappa shape index (κ1) is 22.1. The molecule has 6 heteroatoms. The van der Waals surface area contributed by atoms with Gasteiger partial charge in [-0.05, 0) is 40.5 Å². The molecule has 0 aromatic carbocycles. The number of hydrogen-bond acceptors (Lipinski definition) is 6. The minimum Gasteiger partial charge on any atom is -0.395 e. The van der Waals surface area contributed by atoms with Gasteiger partial charge in [0.2, 0.25) is 0 Å². The van der Waals surface area contributed by atoms with Gasteiger partial charge in [0, 0.05) is 30.3 Å². The molecule has 0 aliphatic rings. The van der Waals surface area contributed by atoms with Crippen LogP contribution in [0.1, 0.15) is 27.2 Å². The van der Waals surface area contributed by atoms with E-state index in [-0.39, 0.29) is 6.61 Å². The van der Waals surface area contributed by atoms with Crippen LogP contribution >= 0.6 is 11.8 Å². The maximum Gasteiger partial charge on any atom is 0.0617 e. The summed E-state index contributed by atoms with van der Waals surface area (Å²) in [5, 5.41) is 13.2. The number of ether oxygens (including phenoxy) is 1. The van der Waals surface area contributed by atoms with Crippen molar-refractivity contribution < 1.29 is 9.84 Å². The molecule has 1 atom stereocenters. The molecule has 0 amide bonds. The van der Waals surface area contributed by atoms with Crippen LogP contribution in [0.15, 0.2) is 0 Å². The molecule has 0 spiro atoms. The number of nitrogens with one attached hydrogen (secondary N) is 1. The number of nitrogens with zero attached hydrogens (tertiary/aromatic N) is 2. The Hall–Kier alpha value is 0.150. The largest absolute Gasteiger partial charge is 0.395 e. The minimum atomic E-state index is 0.211. The van der Waals surface area contributed by atoms with Gasteiger partial charge in [0.1, 0.15) is 0 Å². The molecule has 134 valence electrons. The third kappa shape index (κ3) is 15.1. The molecule has 1 unspecified atom stereocenters. The second-order valence-electron chi connectivity index (χ2n) is 6.27. The van der Waals surface area contributed by atoms with E-state index in [0.717, 1.165) is 51.7 Å². The van der Waals surface area contributed by atoms with E-state index in [4.69, 9.17) is 9.84 Å². The fourth-order valence-electron chi connectivity index (χ4n) is 1.89. The molecule has 0 aromatic heterocycles. The van der Waals surface area contributed by atoms with Crippen molar-refractivity contribution in [2.45, 2.75) is 38.5 Å². The van der Waals surface area contributed by atoms with E-state index < -0.39 is 0 Å². The Morgan fingerprint density at radius 1 is 1.14 bits per heavy atom. The van der Waals surface area contributed by atoms with Crippen molar-refractivity contribution in [2.24, 2.45) is 0 Å². The van der Waals surface area contributed by atoms with Crippen molar-refractivity contribution in [3.8, 4) is 0 Å². The Bertz CT molecular complexity index is 243. The van der Waals surface area contributed by atoms with Crippen LogP contribution < -0.4 is 5.32 Å². The van der Waals surface area contributed by atoms with E-state index in [1.165, 1.54) is 0 Å². The molecular weight excluding hydrogens is 298 g/mol. The molecule has 0 saturated carbocycles. The van der Waals surface area contributed by atoms with Crippen molar-refractivity contribution in [3.63, 3.8) is 0 Å². The summed E-state index contributed by atoms with van der Waals surface area (Å²) in [5.41, 5.74) is 0. The van der Waals surface area contributed by atoms with E-state index in [0.29, 0.717) is 11.3 Å². The first-order chi connectivity index (χ1) is 10.5. The predicted octanol–water partition coefficient (Wildman–Crippen LogP) is 1.33. The number of thioether (sulfide) groups is 1. The quantitative estimate of drug-likeness (QED) is 0.348. The van der Waals surface area contributed by atoms with Crippen molar-refractivity contribution in [3.05, 3.63) is 0 Å². The smallest absolute Gasteiger partial charge is 0.0617 e. The summed E-state index contributed by atoms with van der Waals surface area (Å²) < 4.78 is 5.75. The lowest BCUT2D eigenvalue weighted by Gasteiger charge is -2.22. The second kappa shape index (κ2) is 14.7. The zero-order valence-corrected chi connectivity index (χ0v) is 16.0. The molecule has 0 fully saturated rings. The maximum atomic E-state index is 9.10. The lowest BCUT2D eigenvalue weighted by atomic mass is 10.3. The van der Waals surface area contributed by atoms with Crippen LogP contribution in [0.4, 0.5) is 0 Å². The summed E-state index contributed by atoms with van der Waals surface area (Å²) in [6.45, 7) is 12.0. The van der Waals surface area contributed by atoms with Crippen LogP contribution in [0, 0.1) is 0 Å². The highest BCUT2D eigenvalue weighted by Crippen LogP contribution is 2.10. The molecule has 0 radical (unpaired) electrons. The van der Waals surface area contributed by atoms with E-state index >= 15 is 0 Å². The van der Waals surface area contributed by atoms with Gasteiger partial charge in [-0.3, -0.25) is 4.90 Å². The van der Waals surface area contributed by atoms with Crippen molar-refractivity contribution >= 4 is 11.8 Å². The molecule has 5 nitrogen and oxygen atoms in total. The Kier molecular flexibility index (Phi) is 14.8. The van der Waals surface area contributed by atoms with Gasteiger partial charge in [0.15, 0.2) is 0 Å². The van der Waals surface area contributed by atoms with Gasteiger partial charge in [-0.15, -0.1) is 11.8 Å². The monoisotopic (exact) mass is 335 g/mol. The zero-order valence-electron chi connectivity index (χ0n) is 15.2. The number of aliphatic hydroxyl groups is 1. The van der Waals surface area contributed by atoms with Crippen LogP contribution in [0.2, 0.25) is 0 Å². The summed E-state index contributed by atoms with van der Waals surface area (Å²) in [6.07, 6.45) is 1.16. The van der Waals surface area contributed by atoms with E-state index in [1.807, 2.05) is 11.8 Å². The fourth-order valence-corrected chi connectivity index (χ4v) is 2.66. The van der Waals surface area contributed by atoms with E-state index in [2.05, 4.69) is 50.0 Å². The fraction of sp³-hybridized carbons (Fsp3) is 1.00. The van der Waals surface area contributed by atoms with Gasteiger partial charge in [-0.2, -0.15) is 0 Å². The highest BCUT2D eigenvalue weighted by atomic mass is 32.2. The highest BCUT2D eigenvalue weighted by molar-refractivity contribution is 7.99. The molecule has 0 bridgehead atoms. The van der Waals surface area contributed by atoms with Crippen LogP contribution in [-0.4, -0.2) is 92.2 Å². The summed E-state index contributed by atoms with van der Waals surface area (Å²) in [6, 6.07) is 0.387. The first-order valence-electron chi connectivity index (χ1n) is 8.36.